The Bertz CT molecular complexity index is 1350. The third-order valence-electron chi connectivity index (χ3n) is 10.4. The molecule has 2 saturated carbocycles. The quantitative estimate of drug-likeness (QED) is 0.140. The van der Waals surface area contributed by atoms with Crippen LogP contribution in [0, 0.1) is 35.2 Å². The maximum Gasteiger partial charge on any atom is 0.201 e. The van der Waals surface area contributed by atoms with E-state index < -0.39 is 11.6 Å². The number of halogens is 3. The Morgan fingerprint density at radius 1 is 0.705 bits per heavy atom. The maximum atomic E-state index is 15.4. The van der Waals surface area contributed by atoms with Crippen molar-refractivity contribution in [1.82, 2.24) is 0 Å². The maximum absolute atomic E-state index is 15.4. The second-order valence-electron chi connectivity index (χ2n) is 13.2. The lowest BCUT2D eigenvalue weighted by Gasteiger charge is -2.38. The summed E-state index contributed by atoms with van der Waals surface area (Å²) in [5.74, 6) is 0.671. The Balaban J connectivity index is 1.13. The molecular formula is C40H49F3O. The Kier molecular flexibility index (Phi) is 11.6. The molecule has 44 heavy (non-hydrogen) atoms. The van der Waals surface area contributed by atoms with Crippen LogP contribution in [0.3, 0.4) is 0 Å². The Labute approximate surface area is 262 Å². The highest BCUT2D eigenvalue weighted by Gasteiger charge is 2.32. The SMILES string of the molecule is C=CCOc1ccc(-c2ccc(-c3ccc(C4CCC(C5CCC(CCCCCCC)CC5)CC4)c(F)c3)cc2)c(F)c1F. The van der Waals surface area contributed by atoms with Crippen molar-refractivity contribution in [3.05, 3.63) is 90.3 Å². The lowest BCUT2D eigenvalue weighted by molar-refractivity contribution is 0.155. The molecule has 0 bridgehead atoms. The molecule has 0 saturated heterocycles. The minimum atomic E-state index is -1.02. The zero-order valence-corrected chi connectivity index (χ0v) is 26.4. The lowest BCUT2D eigenvalue weighted by atomic mass is 9.68. The summed E-state index contributed by atoms with van der Waals surface area (Å²) in [5, 5.41) is 0. The number of rotatable bonds is 13. The van der Waals surface area contributed by atoms with Crippen LogP contribution in [0.15, 0.2) is 67.3 Å². The van der Waals surface area contributed by atoms with Crippen molar-refractivity contribution in [1.29, 1.82) is 0 Å². The molecule has 0 aromatic heterocycles. The zero-order chi connectivity index (χ0) is 30.9. The van der Waals surface area contributed by atoms with Crippen molar-refractivity contribution in [2.45, 2.75) is 103 Å². The van der Waals surface area contributed by atoms with Gasteiger partial charge >= 0.3 is 0 Å². The van der Waals surface area contributed by atoms with Crippen LogP contribution < -0.4 is 4.74 Å². The highest BCUT2D eigenvalue weighted by atomic mass is 19.2. The number of hydrogen-bond acceptors (Lipinski definition) is 1. The van der Waals surface area contributed by atoms with Crippen LogP contribution >= 0.6 is 0 Å². The average molecular weight is 603 g/mol. The van der Waals surface area contributed by atoms with Gasteiger partial charge in [0, 0.05) is 5.56 Å². The van der Waals surface area contributed by atoms with Crippen molar-refractivity contribution in [2.75, 3.05) is 6.61 Å². The lowest BCUT2D eigenvalue weighted by Crippen LogP contribution is -2.25. The van der Waals surface area contributed by atoms with E-state index in [2.05, 4.69) is 13.5 Å². The van der Waals surface area contributed by atoms with Crippen LogP contribution in [0.25, 0.3) is 22.3 Å². The molecule has 2 aliphatic carbocycles. The summed E-state index contributed by atoms with van der Waals surface area (Å²) in [7, 11) is 0. The van der Waals surface area contributed by atoms with E-state index in [1.54, 1.807) is 18.2 Å². The Morgan fingerprint density at radius 2 is 1.34 bits per heavy atom. The topological polar surface area (TPSA) is 9.23 Å². The predicted octanol–water partition coefficient (Wildman–Crippen LogP) is 12.4. The first kappa shape index (κ1) is 32.4. The molecule has 4 heteroatoms. The fourth-order valence-corrected chi connectivity index (χ4v) is 7.78. The summed E-state index contributed by atoms with van der Waals surface area (Å²) in [6, 6.07) is 15.7. The highest BCUT2D eigenvalue weighted by Crippen LogP contribution is 2.45. The van der Waals surface area contributed by atoms with Gasteiger partial charge in [-0.1, -0.05) is 107 Å². The van der Waals surface area contributed by atoms with Crippen molar-refractivity contribution >= 4 is 0 Å². The van der Waals surface area contributed by atoms with Crippen LogP contribution in [0.2, 0.25) is 0 Å². The molecule has 0 N–H and O–H groups in total. The normalized spacial score (nSPS) is 22.1. The van der Waals surface area contributed by atoms with Gasteiger partial charge in [-0.2, -0.15) is 4.39 Å². The summed E-state index contributed by atoms with van der Waals surface area (Å²) < 4.78 is 49.9. The fourth-order valence-electron chi connectivity index (χ4n) is 7.78. The van der Waals surface area contributed by atoms with Gasteiger partial charge in [0.05, 0.1) is 0 Å². The molecule has 236 valence electrons. The molecule has 0 radical (unpaired) electrons. The minimum Gasteiger partial charge on any atom is -0.486 e. The largest absolute Gasteiger partial charge is 0.486 e. The second-order valence-corrected chi connectivity index (χ2v) is 13.2. The number of unbranched alkanes of at least 4 members (excludes halogenated alkanes) is 4. The van der Waals surface area contributed by atoms with Gasteiger partial charge in [-0.05, 0) is 103 Å². The van der Waals surface area contributed by atoms with E-state index in [9.17, 15) is 8.78 Å². The van der Waals surface area contributed by atoms with Crippen LogP contribution in [-0.4, -0.2) is 6.61 Å². The first-order valence-electron chi connectivity index (χ1n) is 17.1. The summed E-state index contributed by atoms with van der Waals surface area (Å²) in [6.45, 7) is 5.91. The molecule has 2 aliphatic rings. The van der Waals surface area contributed by atoms with E-state index in [1.165, 1.54) is 95.3 Å². The van der Waals surface area contributed by atoms with Gasteiger partial charge in [0.25, 0.3) is 0 Å². The van der Waals surface area contributed by atoms with Crippen molar-refractivity contribution < 1.29 is 17.9 Å². The average Bonchev–Trinajstić information content (AvgIpc) is 3.06. The molecular weight excluding hydrogens is 553 g/mol. The standard InChI is InChI=1S/C40H49F3O/c1-3-5-6-7-8-9-28-10-12-29(13-11-28)30-14-18-32(19-15-30)35-23-22-34(27-37(35)41)31-16-20-33(21-17-31)36-24-25-38(44-26-4-2)40(43)39(36)42/h4,16-17,20-25,27-30,32H,2-3,5-15,18-19,26H2,1H3. The van der Waals surface area contributed by atoms with E-state index in [0.717, 1.165) is 47.3 Å². The van der Waals surface area contributed by atoms with Gasteiger partial charge < -0.3 is 4.74 Å². The van der Waals surface area contributed by atoms with E-state index in [0.29, 0.717) is 11.5 Å². The van der Waals surface area contributed by atoms with Gasteiger partial charge in [0.1, 0.15) is 12.4 Å². The molecule has 0 atom stereocenters. The van der Waals surface area contributed by atoms with Crippen LogP contribution in [0.4, 0.5) is 13.2 Å². The molecule has 3 aromatic rings. The van der Waals surface area contributed by atoms with E-state index in [-0.39, 0.29) is 23.7 Å². The molecule has 2 fully saturated rings. The highest BCUT2D eigenvalue weighted by molar-refractivity contribution is 5.71. The Hall–Kier alpha value is -3.01. The molecule has 0 spiro atoms. The van der Waals surface area contributed by atoms with Gasteiger partial charge in [-0.15, -0.1) is 0 Å². The predicted molar refractivity (Wildman–Crippen MR) is 176 cm³/mol. The summed E-state index contributed by atoms with van der Waals surface area (Å²) in [4.78, 5) is 0. The van der Waals surface area contributed by atoms with Crippen LogP contribution in [-0.2, 0) is 0 Å². The molecule has 1 nitrogen and oxygen atoms in total. The third-order valence-corrected chi connectivity index (χ3v) is 10.4. The van der Waals surface area contributed by atoms with Crippen molar-refractivity contribution in [3.8, 4) is 28.0 Å². The van der Waals surface area contributed by atoms with E-state index in [4.69, 9.17) is 4.74 Å². The smallest absolute Gasteiger partial charge is 0.201 e. The zero-order valence-electron chi connectivity index (χ0n) is 26.4. The second kappa shape index (κ2) is 15.8. The molecule has 5 rings (SSSR count). The summed E-state index contributed by atoms with van der Waals surface area (Å²) in [5.41, 5.74) is 3.17. The summed E-state index contributed by atoms with van der Waals surface area (Å²) in [6.07, 6.45) is 20.1. The number of ether oxygens (including phenoxy) is 1. The van der Waals surface area contributed by atoms with Crippen LogP contribution in [0.5, 0.6) is 5.75 Å². The van der Waals surface area contributed by atoms with E-state index in [1.807, 2.05) is 24.3 Å². The third kappa shape index (κ3) is 7.98. The fraction of sp³-hybridized carbons (Fsp3) is 0.500. The van der Waals surface area contributed by atoms with Crippen molar-refractivity contribution in [3.63, 3.8) is 0 Å². The van der Waals surface area contributed by atoms with Crippen LogP contribution in [0.1, 0.15) is 108 Å². The molecule has 0 unspecified atom stereocenters. The monoisotopic (exact) mass is 602 g/mol. The summed E-state index contributed by atoms with van der Waals surface area (Å²) >= 11 is 0. The first-order chi connectivity index (χ1) is 21.5. The number of hydrogen-bond donors (Lipinski definition) is 0. The van der Waals surface area contributed by atoms with Gasteiger partial charge in [0.15, 0.2) is 11.6 Å². The van der Waals surface area contributed by atoms with Gasteiger partial charge in [-0.3, -0.25) is 0 Å². The molecule has 3 aromatic carbocycles. The number of benzene rings is 3. The molecule has 0 aliphatic heterocycles. The Morgan fingerprint density at radius 3 is 2.00 bits per heavy atom. The van der Waals surface area contributed by atoms with Gasteiger partial charge in [-0.25, -0.2) is 8.78 Å². The first-order valence-corrected chi connectivity index (χ1v) is 17.1. The van der Waals surface area contributed by atoms with E-state index >= 15 is 4.39 Å². The molecule has 0 amide bonds. The van der Waals surface area contributed by atoms with Gasteiger partial charge in [0.2, 0.25) is 5.82 Å². The minimum absolute atomic E-state index is 0.0984. The van der Waals surface area contributed by atoms with Crippen molar-refractivity contribution in [2.24, 2.45) is 17.8 Å². The molecule has 0 heterocycles.